The number of hydrogen-bond donors (Lipinski definition) is 0. The highest BCUT2D eigenvalue weighted by molar-refractivity contribution is 5.71. The topological polar surface area (TPSA) is 44.8 Å². The van der Waals surface area contributed by atoms with Crippen molar-refractivity contribution in [2.75, 3.05) is 33.0 Å². The number of carbonyl (C=O) groups excluding carboxylic acids is 1. The van der Waals surface area contributed by atoms with Gasteiger partial charge in [0, 0.05) is 0 Å². The van der Waals surface area contributed by atoms with Crippen LogP contribution in [0.2, 0.25) is 0 Å². The van der Waals surface area contributed by atoms with Crippen LogP contribution in [0.15, 0.2) is 12.7 Å². The van der Waals surface area contributed by atoms with Crippen LogP contribution in [0, 0.1) is 5.92 Å². The maximum atomic E-state index is 11.0. The summed E-state index contributed by atoms with van der Waals surface area (Å²) in [7, 11) is 0. The lowest BCUT2D eigenvalue weighted by atomic mass is 10.2. The van der Waals surface area contributed by atoms with E-state index < -0.39 is 0 Å². The van der Waals surface area contributed by atoms with Gasteiger partial charge in [0.1, 0.15) is 6.61 Å². The molecule has 4 nitrogen and oxygen atoms in total. The Morgan fingerprint density at radius 2 is 1.80 bits per heavy atom. The van der Waals surface area contributed by atoms with Gasteiger partial charge in [-0.2, -0.15) is 0 Å². The van der Waals surface area contributed by atoms with Crippen LogP contribution in [0.4, 0.5) is 0 Å². The minimum Gasteiger partial charge on any atom is -0.463 e. The van der Waals surface area contributed by atoms with E-state index in [0.717, 1.165) is 0 Å². The van der Waals surface area contributed by atoms with E-state index >= 15 is 0 Å². The second-order valence-electron chi connectivity index (χ2n) is 3.30. The van der Waals surface area contributed by atoms with Gasteiger partial charge >= 0.3 is 5.97 Å². The second-order valence-corrected chi connectivity index (χ2v) is 3.30. The molecule has 4 heteroatoms. The molecule has 0 aromatic carbocycles. The van der Waals surface area contributed by atoms with Crippen LogP contribution in [0.5, 0.6) is 0 Å². The zero-order valence-electron chi connectivity index (χ0n) is 9.53. The van der Waals surface area contributed by atoms with Crippen LogP contribution < -0.4 is 0 Å². The fraction of sp³-hybridized carbons (Fsp3) is 0.727. The van der Waals surface area contributed by atoms with E-state index in [1.165, 1.54) is 0 Å². The molecule has 0 rings (SSSR count). The van der Waals surface area contributed by atoms with Gasteiger partial charge in [-0.05, 0) is 0 Å². The summed E-state index contributed by atoms with van der Waals surface area (Å²) in [5, 5.41) is 0. The largest absolute Gasteiger partial charge is 0.463 e. The van der Waals surface area contributed by atoms with Gasteiger partial charge < -0.3 is 14.2 Å². The molecule has 0 radical (unpaired) electrons. The first kappa shape index (κ1) is 14.1. The summed E-state index contributed by atoms with van der Waals surface area (Å²) in [6, 6.07) is 0. The molecule has 0 heterocycles. The molecule has 0 aliphatic carbocycles. The van der Waals surface area contributed by atoms with Gasteiger partial charge in [0.2, 0.25) is 0 Å². The van der Waals surface area contributed by atoms with Gasteiger partial charge in [-0.3, -0.25) is 4.79 Å². The normalized spacial score (nSPS) is 10.3. The molecule has 0 fully saturated rings. The molecule has 0 spiro atoms. The van der Waals surface area contributed by atoms with Crippen molar-refractivity contribution in [3.8, 4) is 0 Å². The summed E-state index contributed by atoms with van der Waals surface area (Å²) >= 11 is 0. The highest BCUT2D eigenvalue weighted by Gasteiger charge is 2.06. The van der Waals surface area contributed by atoms with E-state index in [4.69, 9.17) is 14.2 Å². The molecule has 0 bridgehead atoms. The van der Waals surface area contributed by atoms with Crippen molar-refractivity contribution in [1.29, 1.82) is 0 Å². The van der Waals surface area contributed by atoms with Gasteiger partial charge in [-0.1, -0.05) is 19.9 Å². The zero-order chi connectivity index (χ0) is 11.5. The van der Waals surface area contributed by atoms with Crippen LogP contribution in [0.1, 0.15) is 13.8 Å². The molecule has 15 heavy (non-hydrogen) atoms. The van der Waals surface area contributed by atoms with Crippen molar-refractivity contribution >= 4 is 5.97 Å². The molecule has 0 N–H and O–H groups in total. The van der Waals surface area contributed by atoms with Gasteiger partial charge in [-0.25, -0.2) is 0 Å². The summed E-state index contributed by atoms with van der Waals surface area (Å²) in [6.07, 6.45) is 1.68. The van der Waals surface area contributed by atoms with Crippen molar-refractivity contribution in [3.05, 3.63) is 12.7 Å². The van der Waals surface area contributed by atoms with E-state index in [0.29, 0.717) is 33.0 Å². The Morgan fingerprint density at radius 3 is 2.40 bits per heavy atom. The van der Waals surface area contributed by atoms with E-state index in [1.807, 2.05) is 0 Å². The Labute approximate surface area is 91.2 Å². The maximum absolute atomic E-state index is 11.0. The Balaban J connectivity index is 3.11. The molecule has 0 saturated heterocycles. The number of hydrogen-bond acceptors (Lipinski definition) is 4. The van der Waals surface area contributed by atoms with Crippen LogP contribution in [0.25, 0.3) is 0 Å². The number of ether oxygens (including phenoxy) is 3. The zero-order valence-corrected chi connectivity index (χ0v) is 9.53. The average molecular weight is 216 g/mol. The Morgan fingerprint density at radius 1 is 1.20 bits per heavy atom. The second kappa shape index (κ2) is 9.68. The van der Waals surface area contributed by atoms with E-state index in [-0.39, 0.29) is 11.9 Å². The third-order valence-electron chi connectivity index (χ3n) is 1.55. The molecule has 0 aliphatic rings. The summed E-state index contributed by atoms with van der Waals surface area (Å²) in [5.41, 5.74) is 0. The van der Waals surface area contributed by atoms with Crippen molar-refractivity contribution in [3.63, 3.8) is 0 Å². The lowest BCUT2D eigenvalue weighted by Gasteiger charge is -2.07. The van der Waals surface area contributed by atoms with Crippen molar-refractivity contribution in [1.82, 2.24) is 0 Å². The van der Waals surface area contributed by atoms with Crippen molar-refractivity contribution in [2.45, 2.75) is 13.8 Å². The smallest absolute Gasteiger partial charge is 0.308 e. The highest BCUT2D eigenvalue weighted by Crippen LogP contribution is 1.95. The van der Waals surface area contributed by atoms with E-state index in [2.05, 4.69) is 6.58 Å². The molecule has 0 aromatic heterocycles. The maximum Gasteiger partial charge on any atom is 0.308 e. The first-order valence-corrected chi connectivity index (χ1v) is 5.11. The molecule has 0 aromatic rings. The van der Waals surface area contributed by atoms with E-state index in [9.17, 15) is 4.79 Å². The van der Waals surface area contributed by atoms with Crippen molar-refractivity contribution in [2.24, 2.45) is 5.92 Å². The number of esters is 1. The first-order chi connectivity index (χ1) is 7.18. The molecular weight excluding hydrogens is 196 g/mol. The Kier molecular flexibility index (Phi) is 9.11. The molecule has 88 valence electrons. The third kappa shape index (κ3) is 9.43. The molecule has 0 saturated carbocycles. The van der Waals surface area contributed by atoms with E-state index in [1.54, 1.807) is 19.9 Å². The SMILES string of the molecule is C=CCOCCOCCOC(=O)C(C)C. The number of rotatable bonds is 9. The summed E-state index contributed by atoms with van der Waals surface area (Å²) in [5.74, 6) is -0.276. The fourth-order valence-corrected chi connectivity index (χ4v) is 0.754. The van der Waals surface area contributed by atoms with Crippen LogP contribution in [-0.2, 0) is 19.0 Å². The quantitative estimate of drug-likeness (QED) is 0.332. The van der Waals surface area contributed by atoms with Gasteiger partial charge in [-0.15, -0.1) is 6.58 Å². The molecule has 0 amide bonds. The lowest BCUT2D eigenvalue weighted by molar-refractivity contribution is -0.149. The third-order valence-corrected chi connectivity index (χ3v) is 1.55. The standard InChI is InChI=1S/C11H20O4/c1-4-5-13-6-7-14-8-9-15-11(12)10(2)3/h4,10H,1,5-9H2,2-3H3. The minimum absolute atomic E-state index is 0.0825. The summed E-state index contributed by atoms with van der Waals surface area (Å²) in [4.78, 5) is 11.0. The Hall–Kier alpha value is -0.870. The molecule has 0 unspecified atom stereocenters. The van der Waals surface area contributed by atoms with Crippen LogP contribution in [0.3, 0.4) is 0 Å². The highest BCUT2D eigenvalue weighted by atomic mass is 16.6. The van der Waals surface area contributed by atoms with Crippen LogP contribution >= 0.6 is 0 Å². The predicted octanol–water partition coefficient (Wildman–Crippen LogP) is 1.40. The molecule has 0 aliphatic heterocycles. The average Bonchev–Trinajstić information content (AvgIpc) is 2.21. The van der Waals surface area contributed by atoms with Gasteiger partial charge in [0.15, 0.2) is 0 Å². The summed E-state index contributed by atoms with van der Waals surface area (Å²) < 4.78 is 15.2. The Bertz CT molecular complexity index is 177. The molecular formula is C11H20O4. The molecule has 0 atom stereocenters. The van der Waals surface area contributed by atoms with Crippen molar-refractivity contribution < 1.29 is 19.0 Å². The predicted molar refractivity (Wildman–Crippen MR) is 57.6 cm³/mol. The fourth-order valence-electron chi connectivity index (χ4n) is 0.754. The summed E-state index contributed by atoms with van der Waals surface area (Å²) in [6.45, 7) is 9.41. The monoisotopic (exact) mass is 216 g/mol. The first-order valence-electron chi connectivity index (χ1n) is 5.11. The minimum atomic E-state index is -0.193. The van der Waals surface area contributed by atoms with Gasteiger partial charge in [0.25, 0.3) is 0 Å². The lowest BCUT2D eigenvalue weighted by Crippen LogP contribution is -2.16. The number of carbonyl (C=O) groups is 1. The van der Waals surface area contributed by atoms with Gasteiger partial charge in [0.05, 0.1) is 32.3 Å². The van der Waals surface area contributed by atoms with Crippen LogP contribution in [-0.4, -0.2) is 39.0 Å².